The standard InChI is InChI=1S/C6H12Cl3NO/c1-10(2)4-5(11-3)6(7,8)9/h5H,4H2,1-3H3/t5-/m1/s1. The zero-order chi connectivity index (χ0) is 9.07. The Balaban J connectivity index is 3.96. The molecule has 0 saturated heterocycles. The van der Waals surface area contributed by atoms with Gasteiger partial charge in [0, 0.05) is 13.7 Å². The van der Waals surface area contributed by atoms with Crippen LogP contribution >= 0.6 is 34.8 Å². The van der Waals surface area contributed by atoms with Gasteiger partial charge in [0.2, 0.25) is 3.79 Å². The first-order valence-corrected chi connectivity index (χ1v) is 4.25. The van der Waals surface area contributed by atoms with E-state index in [-0.39, 0.29) is 6.10 Å². The summed E-state index contributed by atoms with van der Waals surface area (Å²) in [5.41, 5.74) is 0. The molecule has 0 radical (unpaired) electrons. The van der Waals surface area contributed by atoms with Gasteiger partial charge in [-0.15, -0.1) is 0 Å². The first-order chi connectivity index (χ1) is 4.88. The third-order valence-electron chi connectivity index (χ3n) is 1.18. The van der Waals surface area contributed by atoms with E-state index in [1.807, 2.05) is 19.0 Å². The van der Waals surface area contributed by atoms with Gasteiger partial charge in [-0.3, -0.25) is 0 Å². The van der Waals surface area contributed by atoms with Gasteiger partial charge in [0.05, 0.1) is 0 Å². The molecule has 68 valence electrons. The molecule has 0 aromatic carbocycles. The lowest BCUT2D eigenvalue weighted by Crippen LogP contribution is -2.37. The average Bonchev–Trinajstić information content (AvgIpc) is 1.79. The molecule has 0 amide bonds. The van der Waals surface area contributed by atoms with Gasteiger partial charge in [-0.1, -0.05) is 34.8 Å². The van der Waals surface area contributed by atoms with Crippen LogP contribution in [0, 0.1) is 0 Å². The minimum absolute atomic E-state index is 0.387. The monoisotopic (exact) mass is 219 g/mol. The summed E-state index contributed by atoms with van der Waals surface area (Å²) < 4.78 is 3.64. The summed E-state index contributed by atoms with van der Waals surface area (Å²) in [6.45, 7) is 0.590. The molecule has 0 bridgehead atoms. The first-order valence-electron chi connectivity index (χ1n) is 3.12. The molecule has 0 N–H and O–H groups in total. The smallest absolute Gasteiger partial charge is 0.217 e. The molecule has 2 nitrogen and oxygen atoms in total. The topological polar surface area (TPSA) is 12.5 Å². The fraction of sp³-hybridized carbons (Fsp3) is 1.00. The highest BCUT2D eigenvalue weighted by Crippen LogP contribution is 2.32. The van der Waals surface area contributed by atoms with Gasteiger partial charge in [-0.2, -0.15) is 0 Å². The van der Waals surface area contributed by atoms with Crippen LogP contribution in [0.1, 0.15) is 0 Å². The molecule has 11 heavy (non-hydrogen) atoms. The van der Waals surface area contributed by atoms with Gasteiger partial charge in [0.15, 0.2) is 0 Å². The van der Waals surface area contributed by atoms with Gasteiger partial charge in [-0.25, -0.2) is 0 Å². The molecule has 0 aromatic rings. The number of hydrogen-bond donors (Lipinski definition) is 0. The lowest BCUT2D eigenvalue weighted by molar-refractivity contribution is 0.0814. The van der Waals surface area contributed by atoms with E-state index < -0.39 is 3.79 Å². The molecule has 0 heterocycles. The molecule has 0 spiro atoms. The first kappa shape index (κ1) is 11.8. The predicted octanol–water partition coefficient (Wildman–Crippen LogP) is 1.93. The van der Waals surface area contributed by atoms with Crippen molar-refractivity contribution in [2.24, 2.45) is 0 Å². The summed E-state index contributed by atoms with van der Waals surface area (Å²) in [4.78, 5) is 1.90. The third kappa shape index (κ3) is 5.10. The summed E-state index contributed by atoms with van der Waals surface area (Å²) >= 11 is 16.9. The van der Waals surface area contributed by atoms with Crippen molar-refractivity contribution in [2.45, 2.75) is 9.90 Å². The van der Waals surface area contributed by atoms with Crippen LogP contribution in [-0.4, -0.2) is 42.5 Å². The van der Waals surface area contributed by atoms with E-state index in [4.69, 9.17) is 39.5 Å². The van der Waals surface area contributed by atoms with Crippen LogP contribution in [-0.2, 0) is 4.74 Å². The molecule has 0 rings (SSSR count). The molecule has 1 atom stereocenters. The highest BCUT2D eigenvalue weighted by atomic mass is 35.6. The Kier molecular flexibility index (Phi) is 5.07. The van der Waals surface area contributed by atoms with Crippen molar-refractivity contribution in [3.8, 4) is 0 Å². The van der Waals surface area contributed by atoms with Crippen molar-refractivity contribution >= 4 is 34.8 Å². The maximum atomic E-state index is 5.62. The molecular formula is C6H12Cl3NO. The van der Waals surface area contributed by atoms with Gasteiger partial charge in [-0.05, 0) is 14.1 Å². The highest BCUT2D eigenvalue weighted by molar-refractivity contribution is 6.68. The molecule has 0 aromatic heterocycles. The summed E-state index contributed by atoms with van der Waals surface area (Å²) in [6.07, 6.45) is -0.387. The van der Waals surface area contributed by atoms with E-state index in [1.54, 1.807) is 0 Å². The summed E-state index contributed by atoms with van der Waals surface area (Å²) in [7, 11) is 5.31. The van der Waals surface area contributed by atoms with Gasteiger partial charge in [0.25, 0.3) is 0 Å². The van der Waals surface area contributed by atoms with E-state index in [2.05, 4.69) is 0 Å². The minimum atomic E-state index is -1.35. The van der Waals surface area contributed by atoms with Crippen LogP contribution in [0.15, 0.2) is 0 Å². The molecule has 5 heteroatoms. The van der Waals surface area contributed by atoms with E-state index >= 15 is 0 Å². The zero-order valence-corrected chi connectivity index (χ0v) is 9.04. The van der Waals surface area contributed by atoms with Crippen molar-refractivity contribution < 1.29 is 4.74 Å². The number of nitrogens with zero attached hydrogens (tertiary/aromatic N) is 1. The Morgan fingerprint density at radius 1 is 1.36 bits per heavy atom. The van der Waals surface area contributed by atoms with Crippen LogP contribution in [0.5, 0.6) is 0 Å². The number of alkyl halides is 3. The number of likely N-dealkylation sites (N-methyl/N-ethyl adjacent to an activating group) is 1. The number of hydrogen-bond acceptors (Lipinski definition) is 2. The molecule has 0 fully saturated rings. The van der Waals surface area contributed by atoms with Crippen molar-refractivity contribution in [1.82, 2.24) is 4.90 Å². The quantitative estimate of drug-likeness (QED) is 0.674. The van der Waals surface area contributed by atoms with Crippen LogP contribution in [0.3, 0.4) is 0 Å². The fourth-order valence-electron chi connectivity index (χ4n) is 0.643. The van der Waals surface area contributed by atoms with Gasteiger partial charge >= 0.3 is 0 Å². The van der Waals surface area contributed by atoms with Crippen LogP contribution in [0.4, 0.5) is 0 Å². The van der Waals surface area contributed by atoms with Crippen LogP contribution in [0.25, 0.3) is 0 Å². The molecule has 0 aliphatic carbocycles. The Morgan fingerprint density at radius 2 is 1.82 bits per heavy atom. The summed E-state index contributed by atoms with van der Waals surface area (Å²) in [5, 5.41) is 0. The Bertz CT molecular complexity index is 113. The van der Waals surface area contributed by atoms with Gasteiger partial charge in [0.1, 0.15) is 6.10 Å². The number of ether oxygens (including phenoxy) is 1. The maximum Gasteiger partial charge on any atom is 0.217 e. The normalized spacial score (nSPS) is 15.5. The van der Waals surface area contributed by atoms with E-state index in [1.165, 1.54) is 7.11 Å². The second-order valence-electron chi connectivity index (χ2n) is 2.53. The molecule has 0 saturated carbocycles. The second kappa shape index (κ2) is 4.73. The van der Waals surface area contributed by atoms with E-state index in [9.17, 15) is 0 Å². The van der Waals surface area contributed by atoms with Crippen molar-refractivity contribution in [1.29, 1.82) is 0 Å². The summed E-state index contributed by atoms with van der Waals surface area (Å²) in [6, 6.07) is 0. The second-order valence-corrected chi connectivity index (χ2v) is 4.90. The molecular weight excluding hydrogens is 208 g/mol. The van der Waals surface area contributed by atoms with Gasteiger partial charge < -0.3 is 9.64 Å². The lowest BCUT2D eigenvalue weighted by atomic mass is 10.4. The lowest BCUT2D eigenvalue weighted by Gasteiger charge is -2.25. The van der Waals surface area contributed by atoms with Crippen LogP contribution < -0.4 is 0 Å². The predicted molar refractivity (Wildman–Crippen MR) is 49.6 cm³/mol. The largest absolute Gasteiger partial charge is 0.376 e. The minimum Gasteiger partial charge on any atom is -0.376 e. The SMILES string of the molecule is CO[C@H](CN(C)C)C(Cl)(Cl)Cl. The Labute approximate surface area is 82.3 Å². The van der Waals surface area contributed by atoms with Crippen molar-refractivity contribution in [3.05, 3.63) is 0 Å². The number of methoxy groups -OCH3 is 1. The average molecular weight is 221 g/mol. The highest BCUT2D eigenvalue weighted by Gasteiger charge is 2.32. The zero-order valence-electron chi connectivity index (χ0n) is 6.77. The molecule has 0 aliphatic heterocycles. The van der Waals surface area contributed by atoms with Crippen molar-refractivity contribution in [3.63, 3.8) is 0 Å². The number of rotatable bonds is 3. The number of halogens is 3. The molecule has 0 unspecified atom stereocenters. The summed E-state index contributed by atoms with van der Waals surface area (Å²) in [5.74, 6) is 0. The molecule has 0 aliphatic rings. The van der Waals surface area contributed by atoms with E-state index in [0.29, 0.717) is 6.54 Å². The Hall–Kier alpha value is 0.790. The van der Waals surface area contributed by atoms with Crippen molar-refractivity contribution in [2.75, 3.05) is 27.7 Å². The Morgan fingerprint density at radius 3 is 1.91 bits per heavy atom. The maximum absolute atomic E-state index is 5.62. The third-order valence-corrected chi connectivity index (χ3v) is 1.91. The van der Waals surface area contributed by atoms with Crippen LogP contribution in [0.2, 0.25) is 0 Å². The van der Waals surface area contributed by atoms with E-state index in [0.717, 1.165) is 0 Å². The fourth-order valence-corrected chi connectivity index (χ4v) is 1.12.